The molecular weight excluding hydrogens is 445 g/mol. The monoisotopic (exact) mass is 471 g/mol. The zero-order chi connectivity index (χ0) is 18.1. The number of halogens is 1. The van der Waals surface area contributed by atoms with Crippen LogP contribution in [0.3, 0.4) is 0 Å². The first-order valence-corrected chi connectivity index (χ1v) is 8.10. The number of nitrogens with one attached hydrogen (secondary N) is 1. The molecule has 0 amide bonds. The third-order valence-electron chi connectivity index (χ3n) is 3.47. The molecule has 0 aliphatic rings. The van der Waals surface area contributed by atoms with E-state index >= 15 is 0 Å². The van der Waals surface area contributed by atoms with Crippen LogP contribution in [0, 0.1) is 6.92 Å². The summed E-state index contributed by atoms with van der Waals surface area (Å²) in [4.78, 5) is 4.30. The van der Waals surface area contributed by atoms with E-state index in [1.54, 1.807) is 20.3 Å². The summed E-state index contributed by atoms with van der Waals surface area (Å²) in [5, 5.41) is 3.08. The first-order valence-electron chi connectivity index (χ1n) is 8.10. The minimum atomic E-state index is 0. The van der Waals surface area contributed by atoms with E-state index in [-0.39, 0.29) is 24.0 Å². The van der Waals surface area contributed by atoms with E-state index in [0.29, 0.717) is 36.4 Å². The van der Waals surface area contributed by atoms with E-state index in [9.17, 15) is 0 Å². The maximum atomic E-state index is 5.89. The molecule has 26 heavy (non-hydrogen) atoms. The SMILES string of the molecule is COc1cc(OC)cc(OCCCN=C(N)Nc2cccc(C)c2)c1.I. The summed E-state index contributed by atoms with van der Waals surface area (Å²) in [7, 11) is 3.22. The zero-order valence-corrected chi connectivity index (χ0v) is 17.7. The molecule has 0 aliphatic carbocycles. The smallest absolute Gasteiger partial charge is 0.193 e. The molecule has 0 saturated heterocycles. The Morgan fingerprint density at radius 2 is 1.69 bits per heavy atom. The lowest BCUT2D eigenvalue weighted by Crippen LogP contribution is -2.23. The number of anilines is 1. The summed E-state index contributed by atoms with van der Waals surface area (Å²) in [6.45, 7) is 3.13. The molecule has 6 nitrogen and oxygen atoms in total. The molecule has 0 saturated carbocycles. The van der Waals surface area contributed by atoms with Crippen LogP contribution < -0.4 is 25.3 Å². The van der Waals surface area contributed by atoms with Crippen LogP contribution in [0.15, 0.2) is 47.5 Å². The van der Waals surface area contributed by atoms with Crippen LogP contribution >= 0.6 is 24.0 Å². The van der Waals surface area contributed by atoms with Crippen LogP contribution in [0.2, 0.25) is 0 Å². The number of aliphatic imine (C=N–C) groups is 1. The molecule has 0 radical (unpaired) electrons. The Bertz CT molecular complexity index is 701. The number of guanidine groups is 1. The summed E-state index contributed by atoms with van der Waals surface area (Å²) in [6, 6.07) is 13.4. The predicted octanol–water partition coefficient (Wildman–Crippen LogP) is 3.83. The van der Waals surface area contributed by atoms with E-state index in [0.717, 1.165) is 12.1 Å². The molecule has 7 heteroatoms. The number of rotatable bonds is 8. The van der Waals surface area contributed by atoms with Gasteiger partial charge in [-0.15, -0.1) is 24.0 Å². The molecule has 0 unspecified atom stereocenters. The van der Waals surface area contributed by atoms with Gasteiger partial charge in [0.05, 0.1) is 20.8 Å². The molecular formula is C19H26IN3O3. The maximum absolute atomic E-state index is 5.89. The van der Waals surface area contributed by atoms with Gasteiger partial charge in [-0.05, 0) is 24.6 Å². The number of hydrogen-bond donors (Lipinski definition) is 2. The first-order chi connectivity index (χ1) is 12.1. The Morgan fingerprint density at radius 1 is 1.04 bits per heavy atom. The van der Waals surface area contributed by atoms with Crippen molar-refractivity contribution in [2.75, 3.05) is 32.7 Å². The average Bonchev–Trinajstić information content (AvgIpc) is 2.61. The Labute approximate surface area is 171 Å². The van der Waals surface area contributed by atoms with Crippen molar-refractivity contribution in [2.45, 2.75) is 13.3 Å². The van der Waals surface area contributed by atoms with Gasteiger partial charge in [0.2, 0.25) is 0 Å². The molecule has 2 aromatic rings. The summed E-state index contributed by atoms with van der Waals surface area (Å²) in [6.07, 6.45) is 0.746. The molecule has 142 valence electrons. The van der Waals surface area contributed by atoms with Gasteiger partial charge in [-0.25, -0.2) is 0 Å². The molecule has 0 aromatic heterocycles. The van der Waals surface area contributed by atoms with Crippen LogP contribution in [0.25, 0.3) is 0 Å². The maximum Gasteiger partial charge on any atom is 0.193 e. The van der Waals surface area contributed by atoms with Gasteiger partial charge in [0.25, 0.3) is 0 Å². The Morgan fingerprint density at radius 3 is 2.31 bits per heavy atom. The van der Waals surface area contributed by atoms with Gasteiger partial charge in [0.15, 0.2) is 5.96 Å². The molecule has 0 atom stereocenters. The predicted molar refractivity (Wildman–Crippen MR) is 116 cm³/mol. The van der Waals surface area contributed by atoms with E-state index < -0.39 is 0 Å². The summed E-state index contributed by atoms with van der Waals surface area (Å²) in [5.74, 6) is 2.48. The van der Waals surface area contributed by atoms with Crippen molar-refractivity contribution in [1.82, 2.24) is 0 Å². The molecule has 0 fully saturated rings. The van der Waals surface area contributed by atoms with Crippen LogP contribution in [-0.4, -0.2) is 33.3 Å². The van der Waals surface area contributed by atoms with E-state index in [1.807, 2.05) is 43.3 Å². The summed E-state index contributed by atoms with van der Waals surface area (Å²) < 4.78 is 16.1. The fourth-order valence-electron chi connectivity index (χ4n) is 2.23. The normalized spacial score (nSPS) is 10.7. The standard InChI is InChI=1S/C19H25N3O3.HI/c1-14-6-4-7-15(10-14)22-19(20)21-8-5-9-25-18-12-16(23-2)11-17(13-18)24-3;/h4,6-7,10-13H,5,8-9H2,1-3H3,(H3,20,21,22);1H. The molecule has 3 N–H and O–H groups in total. The molecule has 2 aromatic carbocycles. The van der Waals surface area contributed by atoms with Crippen molar-refractivity contribution in [3.8, 4) is 17.2 Å². The van der Waals surface area contributed by atoms with Crippen molar-refractivity contribution < 1.29 is 14.2 Å². The Balaban J connectivity index is 0.00000338. The largest absolute Gasteiger partial charge is 0.496 e. The molecule has 0 bridgehead atoms. The highest BCUT2D eigenvalue weighted by atomic mass is 127. The Hall–Kier alpha value is -2.16. The first kappa shape index (κ1) is 21.9. The highest BCUT2D eigenvalue weighted by Crippen LogP contribution is 2.27. The number of ether oxygens (including phenoxy) is 3. The lowest BCUT2D eigenvalue weighted by atomic mass is 10.2. The molecule has 0 heterocycles. The number of methoxy groups -OCH3 is 2. The molecule has 2 rings (SSSR count). The second-order valence-corrected chi connectivity index (χ2v) is 5.51. The fraction of sp³-hybridized carbons (Fsp3) is 0.316. The minimum Gasteiger partial charge on any atom is -0.496 e. The van der Waals surface area contributed by atoms with Gasteiger partial charge < -0.3 is 25.3 Å². The molecule has 0 spiro atoms. The van der Waals surface area contributed by atoms with E-state index in [4.69, 9.17) is 19.9 Å². The number of benzene rings is 2. The number of hydrogen-bond acceptors (Lipinski definition) is 4. The topological polar surface area (TPSA) is 78.1 Å². The van der Waals surface area contributed by atoms with Crippen LogP contribution in [0.4, 0.5) is 5.69 Å². The average molecular weight is 471 g/mol. The number of aryl methyl sites for hydroxylation is 1. The fourth-order valence-corrected chi connectivity index (χ4v) is 2.23. The van der Waals surface area contributed by atoms with Gasteiger partial charge in [-0.3, -0.25) is 4.99 Å². The van der Waals surface area contributed by atoms with Gasteiger partial charge in [-0.2, -0.15) is 0 Å². The van der Waals surface area contributed by atoms with E-state index in [2.05, 4.69) is 10.3 Å². The number of nitrogens with two attached hydrogens (primary N) is 1. The second kappa shape index (κ2) is 11.5. The van der Waals surface area contributed by atoms with Crippen LogP contribution in [-0.2, 0) is 0 Å². The van der Waals surface area contributed by atoms with Gasteiger partial charge in [0, 0.05) is 36.9 Å². The molecule has 0 aliphatic heterocycles. The lowest BCUT2D eigenvalue weighted by Gasteiger charge is -2.10. The van der Waals surface area contributed by atoms with Crippen molar-refractivity contribution in [1.29, 1.82) is 0 Å². The third-order valence-corrected chi connectivity index (χ3v) is 3.47. The summed E-state index contributed by atoms with van der Waals surface area (Å²) >= 11 is 0. The zero-order valence-electron chi connectivity index (χ0n) is 15.3. The second-order valence-electron chi connectivity index (χ2n) is 5.51. The van der Waals surface area contributed by atoms with Gasteiger partial charge >= 0.3 is 0 Å². The Kier molecular flexibility index (Phi) is 9.64. The van der Waals surface area contributed by atoms with Crippen LogP contribution in [0.1, 0.15) is 12.0 Å². The van der Waals surface area contributed by atoms with Crippen molar-refractivity contribution >= 4 is 35.6 Å². The highest BCUT2D eigenvalue weighted by molar-refractivity contribution is 14.0. The quantitative estimate of drug-likeness (QED) is 0.265. The van der Waals surface area contributed by atoms with Crippen LogP contribution in [0.5, 0.6) is 17.2 Å². The van der Waals surface area contributed by atoms with E-state index in [1.165, 1.54) is 5.56 Å². The van der Waals surface area contributed by atoms with Gasteiger partial charge in [0.1, 0.15) is 17.2 Å². The van der Waals surface area contributed by atoms with Gasteiger partial charge in [-0.1, -0.05) is 12.1 Å². The van der Waals surface area contributed by atoms with Crippen molar-refractivity contribution in [3.63, 3.8) is 0 Å². The highest BCUT2D eigenvalue weighted by Gasteiger charge is 2.02. The lowest BCUT2D eigenvalue weighted by molar-refractivity contribution is 0.307. The van der Waals surface area contributed by atoms with Crippen molar-refractivity contribution in [2.24, 2.45) is 10.7 Å². The minimum absolute atomic E-state index is 0. The number of nitrogens with zero attached hydrogens (tertiary/aromatic N) is 1. The third kappa shape index (κ3) is 7.38. The van der Waals surface area contributed by atoms with Crippen molar-refractivity contribution in [3.05, 3.63) is 48.0 Å². The summed E-state index contributed by atoms with van der Waals surface area (Å²) in [5.41, 5.74) is 7.99.